The molecule has 1 N–H and O–H groups in total. The maximum atomic E-state index is 13.1. The van der Waals surface area contributed by atoms with Crippen LogP contribution in [0.2, 0.25) is 5.02 Å². The van der Waals surface area contributed by atoms with Crippen molar-refractivity contribution in [2.24, 2.45) is 5.92 Å². The van der Waals surface area contributed by atoms with E-state index in [-0.39, 0.29) is 23.1 Å². The third-order valence-corrected chi connectivity index (χ3v) is 7.10. The Kier molecular flexibility index (Phi) is 7.17. The minimum atomic E-state index is -0.186. The molecule has 4 rings (SSSR count). The lowest BCUT2D eigenvalue weighted by Crippen LogP contribution is -2.49. The van der Waals surface area contributed by atoms with Crippen molar-refractivity contribution in [3.05, 3.63) is 70.2 Å². The second-order valence-corrected chi connectivity index (χ2v) is 9.51. The van der Waals surface area contributed by atoms with E-state index < -0.39 is 0 Å². The van der Waals surface area contributed by atoms with Crippen LogP contribution >= 0.6 is 11.6 Å². The maximum absolute atomic E-state index is 13.1. The molecule has 32 heavy (non-hydrogen) atoms. The van der Waals surface area contributed by atoms with E-state index in [4.69, 9.17) is 16.3 Å². The largest absolute Gasteiger partial charge is 0.381 e. The first-order valence-electron chi connectivity index (χ1n) is 11.4. The highest BCUT2D eigenvalue weighted by Gasteiger charge is 2.36. The van der Waals surface area contributed by atoms with Gasteiger partial charge in [0.25, 0.3) is 5.91 Å². The monoisotopic (exact) mass is 454 g/mol. The number of hydrogen-bond donors (Lipinski definition) is 1. The Morgan fingerprint density at radius 1 is 1.16 bits per heavy atom. The third-order valence-electron chi connectivity index (χ3n) is 6.87. The second-order valence-electron chi connectivity index (χ2n) is 9.08. The topological polar surface area (TPSA) is 58.6 Å². The van der Waals surface area contributed by atoms with E-state index >= 15 is 0 Å². The Balaban J connectivity index is 1.41. The lowest BCUT2D eigenvalue weighted by Gasteiger charge is -2.39. The average molecular weight is 455 g/mol. The number of carbonyl (C=O) groups is 2. The van der Waals surface area contributed by atoms with Crippen molar-refractivity contribution in [2.45, 2.75) is 38.0 Å². The molecule has 0 aliphatic carbocycles. The molecule has 2 saturated heterocycles. The van der Waals surface area contributed by atoms with Gasteiger partial charge in [0, 0.05) is 48.8 Å². The normalized spacial score (nSPS) is 20.6. The van der Waals surface area contributed by atoms with Crippen molar-refractivity contribution in [1.29, 1.82) is 0 Å². The first-order valence-corrected chi connectivity index (χ1v) is 11.8. The zero-order valence-electron chi connectivity index (χ0n) is 18.6. The molecule has 0 bridgehead atoms. The van der Waals surface area contributed by atoms with E-state index in [9.17, 15) is 9.59 Å². The van der Waals surface area contributed by atoms with E-state index in [0.717, 1.165) is 36.8 Å². The number of rotatable bonds is 5. The Bertz CT molecular complexity index is 954. The quantitative estimate of drug-likeness (QED) is 0.730. The standard InChI is InChI=1S/C26H31ClN2O3/c1-19-7-9-20(10-8-19)25(31)29-13-3-4-21(17-29)24(30)28-18-26(11-14-32-15-12-26)22-5-2-6-23(27)16-22/h2,5-10,16,21H,3-4,11-15,17-18H2,1H3,(H,28,30). The van der Waals surface area contributed by atoms with E-state index in [0.29, 0.717) is 43.4 Å². The minimum absolute atomic E-state index is 0.00215. The molecule has 6 heteroatoms. The number of ether oxygens (including phenoxy) is 1. The van der Waals surface area contributed by atoms with E-state index in [1.807, 2.05) is 54.3 Å². The fourth-order valence-corrected chi connectivity index (χ4v) is 4.99. The van der Waals surface area contributed by atoms with Crippen LogP contribution in [0.15, 0.2) is 48.5 Å². The number of halogens is 1. The predicted octanol–water partition coefficient (Wildman–Crippen LogP) is 4.37. The number of amides is 2. The Morgan fingerprint density at radius 2 is 1.91 bits per heavy atom. The summed E-state index contributed by atoms with van der Waals surface area (Å²) in [5, 5.41) is 3.92. The van der Waals surface area contributed by atoms with Crippen LogP contribution < -0.4 is 5.32 Å². The van der Waals surface area contributed by atoms with Gasteiger partial charge in [-0.25, -0.2) is 0 Å². The molecule has 0 radical (unpaired) electrons. The van der Waals surface area contributed by atoms with Crippen LogP contribution in [0.1, 0.15) is 47.2 Å². The van der Waals surface area contributed by atoms with Gasteiger partial charge in [0.2, 0.25) is 5.91 Å². The number of piperidine rings is 1. The molecule has 2 aromatic rings. The smallest absolute Gasteiger partial charge is 0.253 e. The van der Waals surface area contributed by atoms with Crippen LogP contribution in [0, 0.1) is 12.8 Å². The van der Waals surface area contributed by atoms with Crippen molar-refractivity contribution < 1.29 is 14.3 Å². The molecule has 0 aromatic heterocycles. The van der Waals surface area contributed by atoms with Crippen molar-refractivity contribution in [3.63, 3.8) is 0 Å². The summed E-state index contributed by atoms with van der Waals surface area (Å²) in [5.74, 6) is -0.156. The van der Waals surface area contributed by atoms with E-state index in [1.54, 1.807) is 0 Å². The highest BCUT2D eigenvalue weighted by molar-refractivity contribution is 6.30. The molecule has 5 nitrogen and oxygen atoms in total. The summed E-state index contributed by atoms with van der Waals surface area (Å²) in [4.78, 5) is 27.9. The molecule has 2 heterocycles. The summed E-state index contributed by atoms with van der Waals surface area (Å²) in [6, 6.07) is 15.6. The van der Waals surface area contributed by atoms with Crippen molar-refractivity contribution in [2.75, 3.05) is 32.8 Å². The van der Waals surface area contributed by atoms with Crippen LogP contribution in [-0.2, 0) is 14.9 Å². The SMILES string of the molecule is Cc1ccc(C(=O)N2CCCC(C(=O)NCC3(c4cccc(Cl)c4)CCOCC3)C2)cc1. The first kappa shape index (κ1) is 22.8. The lowest BCUT2D eigenvalue weighted by molar-refractivity contribution is -0.126. The summed E-state index contributed by atoms with van der Waals surface area (Å²) >= 11 is 6.26. The molecular weight excluding hydrogens is 424 g/mol. The van der Waals surface area contributed by atoms with Gasteiger partial charge in [0.1, 0.15) is 0 Å². The summed E-state index contributed by atoms with van der Waals surface area (Å²) in [5.41, 5.74) is 2.77. The summed E-state index contributed by atoms with van der Waals surface area (Å²) in [7, 11) is 0. The molecule has 0 saturated carbocycles. The number of nitrogens with one attached hydrogen (secondary N) is 1. The molecule has 2 amide bonds. The Hall–Kier alpha value is -2.37. The average Bonchev–Trinajstić information content (AvgIpc) is 2.83. The molecule has 170 valence electrons. The van der Waals surface area contributed by atoms with Gasteiger partial charge in [0.15, 0.2) is 0 Å². The number of benzene rings is 2. The maximum Gasteiger partial charge on any atom is 0.253 e. The Labute approximate surface area is 195 Å². The summed E-state index contributed by atoms with van der Waals surface area (Å²) < 4.78 is 5.60. The van der Waals surface area contributed by atoms with Gasteiger partial charge in [0.05, 0.1) is 5.92 Å². The van der Waals surface area contributed by atoms with Gasteiger partial charge in [-0.2, -0.15) is 0 Å². The molecule has 0 spiro atoms. The molecule has 2 aliphatic heterocycles. The highest BCUT2D eigenvalue weighted by Crippen LogP contribution is 2.35. The number of carbonyl (C=O) groups excluding carboxylic acids is 2. The zero-order chi connectivity index (χ0) is 22.6. The number of hydrogen-bond acceptors (Lipinski definition) is 3. The molecule has 2 aromatic carbocycles. The van der Waals surface area contributed by atoms with Crippen molar-refractivity contribution in [1.82, 2.24) is 10.2 Å². The summed E-state index contributed by atoms with van der Waals surface area (Å²) in [6.45, 7) is 5.06. The highest BCUT2D eigenvalue weighted by atomic mass is 35.5. The second kappa shape index (κ2) is 10.1. The van der Waals surface area contributed by atoms with Crippen LogP contribution in [-0.4, -0.2) is 49.6 Å². The Morgan fingerprint density at radius 3 is 2.62 bits per heavy atom. The van der Waals surface area contributed by atoms with Gasteiger partial charge < -0.3 is 15.0 Å². The fourth-order valence-electron chi connectivity index (χ4n) is 4.80. The molecule has 2 aliphatic rings. The third kappa shape index (κ3) is 5.16. The number of nitrogens with zero attached hydrogens (tertiary/aromatic N) is 1. The first-order chi connectivity index (χ1) is 15.5. The lowest BCUT2D eigenvalue weighted by atomic mass is 9.74. The fraction of sp³-hybridized carbons (Fsp3) is 0.462. The molecule has 2 fully saturated rings. The minimum Gasteiger partial charge on any atom is -0.381 e. The van der Waals surface area contributed by atoms with Gasteiger partial charge in [-0.3, -0.25) is 9.59 Å². The van der Waals surface area contributed by atoms with Crippen LogP contribution in [0.25, 0.3) is 0 Å². The molecule has 1 unspecified atom stereocenters. The van der Waals surface area contributed by atoms with Crippen LogP contribution in [0.5, 0.6) is 0 Å². The number of likely N-dealkylation sites (tertiary alicyclic amines) is 1. The van der Waals surface area contributed by atoms with Gasteiger partial charge in [-0.1, -0.05) is 41.4 Å². The van der Waals surface area contributed by atoms with E-state index in [1.165, 1.54) is 0 Å². The van der Waals surface area contributed by atoms with Crippen LogP contribution in [0.4, 0.5) is 0 Å². The molecular formula is C26H31ClN2O3. The van der Waals surface area contributed by atoms with Crippen molar-refractivity contribution >= 4 is 23.4 Å². The van der Waals surface area contributed by atoms with E-state index in [2.05, 4.69) is 11.4 Å². The predicted molar refractivity (Wildman–Crippen MR) is 126 cm³/mol. The zero-order valence-corrected chi connectivity index (χ0v) is 19.4. The van der Waals surface area contributed by atoms with Gasteiger partial charge in [-0.15, -0.1) is 0 Å². The van der Waals surface area contributed by atoms with Crippen LogP contribution in [0.3, 0.4) is 0 Å². The van der Waals surface area contributed by atoms with Gasteiger partial charge in [-0.05, 0) is 62.4 Å². The number of aryl methyl sites for hydroxylation is 1. The summed E-state index contributed by atoms with van der Waals surface area (Å²) in [6.07, 6.45) is 3.33. The van der Waals surface area contributed by atoms with Gasteiger partial charge >= 0.3 is 0 Å². The van der Waals surface area contributed by atoms with Crippen molar-refractivity contribution in [3.8, 4) is 0 Å². The molecule has 1 atom stereocenters.